The molecule has 0 atom stereocenters. The maximum atomic E-state index is 13.7. The van der Waals surface area contributed by atoms with Crippen molar-refractivity contribution >= 4 is 26.7 Å². The zero-order chi connectivity index (χ0) is 21.1. The Bertz CT molecular complexity index is 1170. The van der Waals surface area contributed by atoms with Gasteiger partial charge in [0, 0.05) is 32.6 Å². The van der Waals surface area contributed by atoms with Gasteiger partial charge in [0.15, 0.2) is 0 Å². The lowest BCUT2D eigenvalue weighted by atomic mass is 10.1. The average molecular weight is 427 g/mol. The number of hydrogen-bond acceptors (Lipinski definition) is 3. The van der Waals surface area contributed by atoms with Crippen LogP contribution in [0.25, 0.3) is 10.8 Å². The Morgan fingerprint density at radius 1 is 0.867 bits per heavy atom. The second kappa shape index (κ2) is 8.53. The Morgan fingerprint density at radius 2 is 1.53 bits per heavy atom. The van der Waals surface area contributed by atoms with E-state index in [2.05, 4.69) is 0 Å². The fourth-order valence-corrected chi connectivity index (χ4v) is 5.21. The zero-order valence-electron chi connectivity index (χ0n) is 16.5. The molecule has 0 saturated carbocycles. The van der Waals surface area contributed by atoms with Crippen LogP contribution >= 0.6 is 0 Å². The minimum atomic E-state index is -3.62. The first-order chi connectivity index (χ1) is 14.4. The van der Waals surface area contributed by atoms with E-state index < -0.39 is 10.0 Å². The summed E-state index contributed by atoms with van der Waals surface area (Å²) in [5.41, 5.74) is 0.517. The minimum Gasteiger partial charge on any atom is -0.340 e. The molecular formula is C23H23FN2O3S. The topological polar surface area (TPSA) is 57.7 Å². The number of benzene rings is 3. The monoisotopic (exact) mass is 426 g/mol. The summed E-state index contributed by atoms with van der Waals surface area (Å²) in [7, 11) is -3.62. The summed E-state index contributed by atoms with van der Waals surface area (Å²) < 4.78 is 41.2. The first kappa shape index (κ1) is 20.5. The molecule has 0 N–H and O–H groups in total. The lowest BCUT2D eigenvalue weighted by molar-refractivity contribution is -0.132. The van der Waals surface area contributed by atoms with Gasteiger partial charge in [-0.25, -0.2) is 12.8 Å². The van der Waals surface area contributed by atoms with Gasteiger partial charge in [-0.2, -0.15) is 4.31 Å². The molecule has 0 unspecified atom stereocenters. The van der Waals surface area contributed by atoms with Crippen LogP contribution in [0.1, 0.15) is 12.0 Å². The van der Waals surface area contributed by atoms with Crippen LogP contribution in [0.5, 0.6) is 0 Å². The van der Waals surface area contributed by atoms with Crippen molar-refractivity contribution in [2.45, 2.75) is 17.7 Å². The van der Waals surface area contributed by atoms with Gasteiger partial charge in [0.1, 0.15) is 5.82 Å². The first-order valence-electron chi connectivity index (χ1n) is 9.95. The molecule has 0 bridgehead atoms. The quantitative estimate of drug-likeness (QED) is 0.628. The smallest absolute Gasteiger partial charge is 0.243 e. The minimum absolute atomic E-state index is 0.0824. The third-order valence-corrected chi connectivity index (χ3v) is 7.41. The van der Waals surface area contributed by atoms with Crippen molar-refractivity contribution < 1.29 is 17.6 Å². The summed E-state index contributed by atoms with van der Waals surface area (Å²) in [5, 5.41) is 1.86. The molecule has 4 rings (SSSR count). The van der Waals surface area contributed by atoms with Gasteiger partial charge in [-0.15, -0.1) is 0 Å². The zero-order valence-corrected chi connectivity index (χ0v) is 17.3. The average Bonchev–Trinajstić information content (AvgIpc) is 2.78. The highest BCUT2D eigenvalue weighted by molar-refractivity contribution is 7.89. The standard InChI is InChI=1S/C23H23FN2O3S/c24-22-8-4-3-6-19(22)10-12-23(27)25-13-15-26(16-14-25)30(28,29)21-11-9-18-5-1-2-7-20(18)17-21/h1-9,11,17H,10,12-16H2. The number of amides is 1. The summed E-state index contributed by atoms with van der Waals surface area (Å²) in [4.78, 5) is 14.4. The van der Waals surface area contributed by atoms with Crippen LogP contribution in [0, 0.1) is 5.82 Å². The molecule has 7 heteroatoms. The van der Waals surface area contributed by atoms with E-state index in [1.54, 1.807) is 35.2 Å². The predicted molar refractivity (Wildman–Crippen MR) is 114 cm³/mol. The van der Waals surface area contributed by atoms with Crippen LogP contribution in [0.15, 0.2) is 71.6 Å². The van der Waals surface area contributed by atoms with Gasteiger partial charge < -0.3 is 4.90 Å². The summed E-state index contributed by atoms with van der Waals surface area (Å²) in [6.07, 6.45) is 0.541. The molecule has 1 amide bonds. The van der Waals surface area contributed by atoms with E-state index in [4.69, 9.17) is 0 Å². The lowest BCUT2D eigenvalue weighted by Crippen LogP contribution is -2.50. The van der Waals surface area contributed by atoms with Crippen molar-refractivity contribution in [1.29, 1.82) is 0 Å². The number of hydrogen-bond donors (Lipinski definition) is 0. The SMILES string of the molecule is O=C(CCc1ccccc1F)N1CCN(S(=O)(=O)c2ccc3ccccc3c2)CC1. The number of rotatable bonds is 5. The Hall–Kier alpha value is -2.77. The van der Waals surface area contributed by atoms with Crippen molar-refractivity contribution in [3.05, 3.63) is 78.1 Å². The molecule has 0 spiro atoms. The van der Waals surface area contributed by atoms with E-state index in [-0.39, 0.29) is 36.1 Å². The van der Waals surface area contributed by atoms with Crippen molar-refractivity contribution in [1.82, 2.24) is 9.21 Å². The highest BCUT2D eigenvalue weighted by atomic mass is 32.2. The van der Waals surface area contributed by atoms with E-state index in [1.165, 1.54) is 10.4 Å². The third kappa shape index (κ3) is 4.22. The summed E-state index contributed by atoms with van der Waals surface area (Å²) in [6, 6.07) is 19.2. The van der Waals surface area contributed by atoms with Gasteiger partial charge >= 0.3 is 0 Å². The van der Waals surface area contributed by atoms with Gasteiger partial charge in [-0.3, -0.25) is 4.79 Å². The normalized spacial score (nSPS) is 15.4. The third-order valence-electron chi connectivity index (χ3n) is 5.52. The molecular weight excluding hydrogens is 403 g/mol. The maximum absolute atomic E-state index is 13.7. The Kier molecular flexibility index (Phi) is 5.83. The molecule has 1 saturated heterocycles. The molecule has 3 aromatic rings. The molecule has 0 aromatic heterocycles. The second-order valence-electron chi connectivity index (χ2n) is 7.39. The fourth-order valence-electron chi connectivity index (χ4n) is 3.76. The fraction of sp³-hybridized carbons (Fsp3) is 0.261. The highest BCUT2D eigenvalue weighted by Gasteiger charge is 2.30. The van der Waals surface area contributed by atoms with E-state index in [0.29, 0.717) is 25.1 Å². The van der Waals surface area contributed by atoms with Crippen LogP contribution in [-0.2, 0) is 21.2 Å². The van der Waals surface area contributed by atoms with Gasteiger partial charge in [-0.1, -0.05) is 48.5 Å². The number of halogens is 1. The number of aryl methyl sites for hydroxylation is 1. The molecule has 1 aliphatic heterocycles. The molecule has 0 radical (unpaired) electrons. The molecule has 3 aromatic carbocycles. The van der Waals surface area contributed by atoms with Crippen molar-refractivity contribution in [3.63, 3.8) is 0 Å². The summed E-state index contributed by atoms with van der Waals surface area (Å²) in [6.45, 7) is 1.17. The predicted octanol–water partition coefficient (Wildman–Crippen LogP) is 3.44. The molecule has 0 aliphatic carbocycles. The van der Waals surface area contributed by atoms with Crippen LogP contribution in [0.4, 0.5) is 4.39 Å². The number of piperazine rings is 1. The van der Waals surface area contributed by atoms with Crippen LogP contribution in [-0.4, -0.2) is 49.7 Å². The Balaban J connectivity index is 1.38. The lowest BCUT2D eigenvalue weighted by Gasteiger charge is -2.34. The van der Waals surface area contributed by atoms with E-state index in [9.17, 15) is 17.6 Å². The largest absolute Gasteiger partial charge is 0.340 e. The Labute approximate surface area is 175 Å². The van der Waals surface area contributed by atoms with Gasteiger partial charge in [-0.05, 0) is 41.0 Å². The van der Waals surface area contributed by atoms with Crippen molar-refractivity contribution in [3.8, 4) is 0 Å². The number of sulfonamides is 1. The van der Waals surface area contributed by atoms with E-state index in [1.807, 2.05) is 30.3 Å². The van der Waals surface area contributed by atoms with Crippen molar-refractivity contribution in [2.75, 3.05) is 26.2 Å². The van der Waals surface area contributed by atoms with Crippen LogP contribution < -0.4 is 0 Å². The van der Waals surface area contributed by atoms with Gasteiger partial charge in [0.2, 0.25) is 15.9 Å². The van der Waals surface area contributed by atoms with Crippen LogP contribution in [0.3, 0.4) is 0 Å². The summed E-state index contributed by atoms with van der Waals surface area (Å²) in [5.74, 6) is -0.391. The number of carbonyl (C=O) groups excluding carboxylic acids is 1. The van der Waals surface area contributed by atoms with Crippen molar-refractivity contribution in [2.24, 2.45) is 0 Å². The molecule has 30 heavy (non-hydrogen) atoms. The number of carbonyl (C=O) groups is 1. The molecule has 156 valence electrons. The number of nitrogens with zero attached hydrogens (tertiary/aromatic N) is 2. The molecule has 1 aliphatic rings. The summed E-state index contributed by atoms with van der Waals surface area (Å²) >= 11 is 0. The molecule has 1 heterocycles. The molecule has 1 fully saturated rings. The highest BCUT2D eigenvalue weighted by Crippen LogP contribution is 2.23. The first-order valence-corrected chi connectivity index (χ1v) is 11.4. The Morgan fingerprint density at radius 3 is 2.27 bits per heavy atom. The maximum Gasteiger partial charge on any atom is 0.243 e. The van der Waals surface area contributed by atoms with E-state index in [0.717, 1.165) is 10.8 Å². The second-order valence-corrected chi connectivity index (χ2v) is 9.32. The van der Waals surface area contributed by atoms with Gasteiger partial charge in [0.25, 0.3) is 0 Å². The number of fused-ring (bicyclic) bond motifs is 1. The molecule has 5 nitrogen and oxygen atoms in total. The van der Waals surface area contributed by atoms with Crippen LogP contribution in [0.2, 0.25) is 0 Å². The van der Waals surface area contributed by atoms with E-state index >= 15 is 0 Å². The van der Waals surface area contributed by atoms with Gasteiger partial charge in [0.05, 0.1) is 4.90 Å².